The van der Waals surface area contributed by atoms with Crippen molar-refractivity contribution < 1.29 is 19.2 Å². The van der Waals surface area contributed by atoms with Crippen LogP contribution in [0.15, 0.2) is 66.7 Å². The van der Waals surface area contributed by atoms with Gasteiger partial charge in [-0.3, -0.25) is 19.8 Å². The molecule has 2 saturated heterocycles. The van der Waals surface area contributed by atoms with Crippen LogP contribution in [-0.2, 0) is 16.9 Å². The maximum absolute atomic E-state index is 13.6. The minimum absolute atomic E-state index is 0.141. The number of halogens is 1. The SMILES string of the molecule is CCOc1cc([C@@H]2[C@@H]3CCCN3[C@]3(C(=O)Nc4ccccc43)[C@@H]2[N+](=O)[O-])ccc1OCc1ccc(Cl)cc1. The molecule has 3 aliphatic heterocycles. The highest BCUT2D eigenvalue weighted by Gasteiger charge is 2.73. The molecule has 3 aliphatic rings. The Kier molecular flexibility index (Phi) is 6.24. The van der Waals surface area contributed by atoms with E-state index in [2.05, 4.69) is 10.2 Å². The van der Waals surface area contributed by atoms with Gasteiger partial charge >= 0.3 is 0 Å². The van der Waals surface area contributed by atoms with Crippen LogP contribution in [0.2, 0.25) is 5.02 Å². The fraction of sp³-hybridized carbons (Fsp3) is 0.345. The third-order valence-corrected chi connectivity index (χ3v) is 8.31. The highest BCUT2D eigenvalue weighted by Crippen LogP contribution is 2.58. The molecular formula is C29H28ClN3O5. The number of rotatable bonds is 7. The number of carbonyl (C=O) groups excluding carboxylic acids is 1. The largest absolute Gasteiger partial charge is 0.490 e. The Morgan fingerprint density at radius 1 is 1.11 bits per heavy atom. The number of para-hydroxylation sites is 1. The summed E-state index contributed by atoms with van der Waals surface area (Å²) in [5.74, 6) is 0.280. The number of amides is 1. The zero-order valence-electron chi connectivity index (χ0n) is 20.9. The molecule has 9 heteroatoms. The van der Waals surface area contributed by atoms with Crippen LogP contribution in [0.5, 0.6) is 11.5 Å². The quantitative estimate of drug-likeness (QED) is 0.324. The first-order valence-corrected chi connectivity index (χ1v) is 13.3. The Balaban J connectivity index is 1.40. The Morgan fingerprint density at radius 2 is 1.89 bits per heavy atom. The van der Waals surface area contributed by atoms with E-state index < -0.39 is 17.5 Å². The number of benzene rings is 3. The first-order chi connectivity index (χ1) is 18.4. The molecule has 0 saturated carbocycles. The smallest absolute Gasteiger partial charge is 0.256 e. The van der Waals surface area contributed by atoms with E-state index in [1.165, 1.54) is 0 Å². The van der Waals surface area contributed by atoms with Gasteiger partial charge in [0, 0.05) is 33.8 Å². The first kappa shape index (κ1) is 24.7. The van der Waals surface area contributed by atoms with E-state index in [0.29, 0.717) is 47.5 Å². The maximum Gasteiger partial charge on any atom is 0.256 e. The molecule has 3 aromatic carbocycles. The molecule has 1 N–H and O–H groups in total. The van der Waals surface area contributed by atoms with Crippen LogP contribution in [0.25, 0.3) is 0 Å². The molecule has 38 heavy (non-hydrogen) atoms. The molecule has 1 spiro atoms. The lowest BCUT2D eigenvalue weighted by Crippen LogP contribution is -2.55. The second kappa shape index (κ2) is 9.60. The number of ether oxygens (including phenoxy) is 2. The average molecular weight is 534 g/mol. The van der Waals surface area contributed by atoms with Gasteiger partial charge in [0.2, 0.25) is 0 Å². The molecule has 1 amide bonds. The molecule has 0 unspecified atom stereocenters. The summed E-state index contributed by atoms with van der Waals surface area (Å²) in [5.41, 5.74) is 1.73. The summed E-state index contributed by atoms with van der Waals surface area (Å²) < 4.78 is 12.0. The number of anilines is 1. The standard InChI is InChI=1S/C29H28ClN3O5/c1-2-37-25-16-19(11-14-24(25)38-17-18-9-12-20(30)13-10-18)26-23-8-5-15-32(23)29(27(26)33(35)36)21-6-3-4-7-22(21)31-28(29)34/h3-4,6-7,9-14,16,23,26-27H,2,5,8,15,17H2,1H3,(H,31,34)/t23-,26+,27+,29-/m0/s1. The van der Waals surface area contributed by atoms with E-state index in [1.807, 2.05) is 73.7 Å². The van der Waals surface area contributed by atoms with Gasteiger partial charge in [-0.15, -0.1) is 0 Å². The maximum atomic E-state index is 13.6. The lowest BCUT2D eigenvalue weighted by molar-refractivity contribution is -0.534. The van der Waals surface area contributed by atoms with Crippen LogP contribution < -0.4 is 14.8 Å². The van der Waals surface area contributed by atoms with Gasteiger partial charge in [-0.05, 0) is 61.2 Å². The highest BCUT2D eigenvalue weighted by atomic mass is 35.5. The van der Waals surface area contributed by atoms with E-state index >= 15 is 0 Å². The van der Waals surface area contributed by atoms with Crippen LogP contribution >= 0.6 is 11.6 Å². The van der Waals surface area contributed by atoms with Crippen molar-refractivity contribution in [1.82, 2.24) is 4.90 Å². The minimum Gasteiger partial charge on any atom is -0.490 e. The van der Waals surface area contributed by atoms with Crippen molar-refractivity contribution in [1.29, 1.82) is 0 Å². The third kappa shape index (κ3) is 3.74. The third-order valence-electron chi connectivity index (χ3n) is 8.05. The van der Waals surface area contributed by atoms with Gasteiger partial charge in [0.15, 0.2) is 17.0 Å². The van der Waals surface area contributed by atoms with E-state index in [0.717, 1.165) is 24.0 Å². The topological polar surface area (TPSA) is 93.9 Å². The Morgan fingerprint density at radius 3 is 2.66 bits per heavy atom. The number of hydrogen-bond acceptors (Lipinski definition) is 6. The van der Waals surface area contributed by atoms with Crippen LogP contribution in [0.1, 0.15) is 42.4 Å². The van der Waals surface area contributed by atoms with E-state index in [4.69, 9.17) is 21.1 Å². The van der Waals surface area contributed by atoms with Crippen molar-refractivity contribution in [3.8, 4) is 11.5 Å². The summed E-state index contributed by atoms with van der Waals surface area (Å²) in [6, 6.07) is 19.0. The fourth-order valence-electron chi connectivity index (χ4n) is 6.64. The highest BCUT2D eigenvalue weighted by molar-refractivity contribution is 6.30. The van der Waals surface area contributed by atoms with Crippen molar-refractivity contribution >= 4 is 23.2 Å². The van der Waals surface area contributed by atoms with E-state index in [1.54, 1.807) is 0 Å². The van der Waals surface area contributed by atoms with Crippen molar-refractivity contribution in [2.24, 2.45) is 0 Å². The second-order valence-electron chi connectivity index (χ2n) is 9.98. The molecule has 196 valence electrons. The predicted octanol–water partition coefficient (Wildman–Crippen LogP) is 5.37. The minimum atomic E-state index is -1.35. The molecule has 2 fully saturated rings. The molecule has 0 bridgehead atoms. The van der Waals surface area contributed by atoms with E-state index in [-0.39, 0.29) is 16.9 Å². The monoisotopic (exact) mass is 533 g/mol. The number of nitrogens with one attached hydrogen (secondary N) is 1. The van der Waals surface area contributed by atoms with Gasteiger partial charge in [0.25, 0.3) is 11.9 Å². The summed E-state index contributed by atoms with van der Waals surface area (Å²) in [4.78, 5) is 28.3. The van der Waals surface area contributed by atoms with Gasteiger partial charge in [0.1, 0.15) is 6.61 Å². The molecule has 8 nitrogen and oxygen atoms in total. The number of fused-ring (bicyclic) bond motifs is 4. The number of hydrogen-bond donors (Lipinski definition) is 1. The molecule has 6 rings (SSSR count). The molecule has 4 atom stereocenters. The number of nitrogens with zero attached hydrogens (tertiary/aromatic N) is 2. The zero-order chi connectivity index (χ0) is 26.4. The lowest BCUT2D eigenvalue weighted by atomic mass is 9.77. The van der Waals surface area contributed by atoms with Crippen LogP contribution in [0.4, 0.5) is 5.69 Å². The Labute approximate surface area is 225 Å². The molecule has 0 aromatic heterocycles. The summed E-state index contributed by atoms with van der Waals surface area (Å²) in [6.07, 6.45) is 1.66. The Bertz CT molecular complexity index is 1400. The van der Waals surface area contributed by atoms with Gasteiger partial charge in [-0.2, -0.15) is 0 Å². The van der Waals surface area contributed by atoms with E-state index in [9.17, 15) is 14.9 Å². The van der Waals surface area contributed by atoms with Gasteiger partial charge in [-0.25, -0.2) is 0 Å². The van der Waals surface area contributed by atoms with Crippen molar-refractivity contribution in [2.75, 3.05) is 18.5 Å². The van der Waals surface area contributed by atoms with Gasteiger partial charge in [-0.1, -0.05) is 48.0 Å². The zero-order valence-corrected chi connectivity index (χ0v) is 21.7. The van der Waals surface area contributed by atoms with Crippen molar-refractivity contribution in [3.05, 3.63) is 98.6 Å². The second-order valence-corrected chi connectivity index (χ2v) is 10.4. The number of carbonyl (C=O) groups is 1. The molecule has 0 aliphatic carbocycles. The fourth-order valence-corrected chi connectivity index (χ4v) is 6.76. The number of nitro groups is 1. The van der Waals surface area contributed by atoms with Crippen molar-refractivity contribution in [3.63, 3.8) is 0 Å². The van der Waals surface area contributed by atoms with Gasteiger partial charge in [0.05, 0.1) is 12.5 Å². The average Bonchev–Trinajstić information content (AvgIpc) is 3.57. The molecule has 3 heterocycles. The van der Waals surface area contributed by atoms with Crippen molar-refractivity contribution in [2.45, 2.75) is 49.9 Å². The normalized spacial score (nSPS) is 25.7. The van der Waals surface area contributed by atoms with Crippen LogP contribution in [-0.4, -0.2) is 41.0 Å². The molecule has 0 radical (unpaired) electrons. The lowest BCUT2D eigenvalue weighted by Gasteiger charge is -2.32. The molecule has 3 aromatic rings. The summed E-state index contributed by atoms with van der Waals surface area (Å²) >= 11 is 5.99. The summed E-state index contributed by atoms with van der Waals surface area (Å²) in [5, 5.41) is 16.4. The van der Waals surface area contributed by atoms with Crippen LogP contribution in [0.3, 0.4) is 0 Å². The Hall–Kier alpha value is -3.62. The molecular weight excluding hydrogens is 506 g/mol. The van der Waals surface area contributed by atoms with Crippen LogP contribution in [0, 0.1) is 10.1 Å². The summed E-state index contributed by atoms with van der Waals surface area (Å²) in [6.45, 7) is 3.26. The predicted molar refractivity (Wildman–Crippen MR) is 143 cm³/mol. The first-order valence-electron chi connectivity index (χ1n) is 12.9. The summed E-state index contributed by atoms with van der Waals surface area (Å²) in [7, 11) is 0. The van der Waals surface area contributed by atoms with Gasteiger partial charge < -0.3 is 14.8 Å².